The molecule has 0 radical (unpaired) electrons. The Kier molecular flexibility index (Phi) is 8.32. The number of carbonyl (C=O) groups excluding carboxylic acids is 2. The van der Waals surface area contributed by atoms with Gasteiger partial charge in [-0.05, 0) is 66.6 Å². The van der Waals surface area contributed by atoms with Crippen molar-refractivity contribution >= 4 is 34.2 Å². The van der Waals surface area contributed by atoms with Gasteiger partial charge in [0.15, 0.2) is 23.6 Å². The molecule has 1 aliphatic carbocycles. The van der Waals surface area contributed by atoms with E-state index in [1.54, 1.807) is 12.0 Å². The normalized spacial score (nSPS) is 17.0. The number of morpholine rings is 1. The van der Waals surface area contributed by atoms with Crippen LogP contribution in [0.5, 0.6) is 5.75 Å². The number of fused-ring (bicyclic) bond motifs is 5. The van der Waals surface area contributed by atoms with Crippen molar-refractivity contribution < 1.29 is 23.5 Å². The Morgan fingerprint density at radius 1 is 1.04 bits per heavy atom. The maximum Gasteiger partial charge on any atom is 0.276 e. The zero-order chi connectivity index (χ0) is 30.9. The summed E-state index contributed by atoms with van der Waals surface area (Å²) < 4.78 is 19.6. The van der Waals surface area contributed by atoms with Gasteiger partial charge in [0.1, 0.15) is 5.75 Å². The van der Waals surface area contributed by atoms with Crippen molar-refractivity contribution in [3.63, 3.8) is 0 Å². The molecule has 1 saturated carbocycles. The van der Waals surface area contributed by atoms with Crippen LogP contribution in [0, 0.1) is 0 Å². The molecular weight excluding hydrogens is 566 g/mol. The van der Waals surface area contributed by atoms with Gasteiger partial charge in [-0.1, -0.05) is 44.7 Å². The molecule has 1 amide bonds. The van der Waals surface area contributed by atoms with Gasteiger partial charge in [0.25, 0.3) is 5.91 Å². The van der Waals surface area contributed by atoms with Crippen LogP contribution in [0.15, 0.2) is 47.2 Å². The van der Waals surface area contributed by atoms with Crippen molar-refractivity contribution in [3.05, 3.63) is 70.9 Å². The van der Waals surface area contributed by atoms with Crippen molar-refractivity contribution in [2.45, 2.75) is 70.8 Å². The minimum Gasteiger partial charge on any atom is -0.497 e. The van der Waals surface area contributed by atoms with E-state index in [-0.39, 0.29) is 11.7 Å². The maximum atomic E-state index is 13.7. The van der Waals surface area contributed by atoms with E-state index in [2.05, 4.69) is 46.8 Å². The number of ketones is 1. The van der Waals surface area contributed by atoms with Gasteiger partial charge in [0, 0.05) is 47.1 Å². The van der Waals surface area contributed by atoms with Crippen LogP contribution in [0.4, 0.5) is 0 Å². The SMILES string of the molecule is CCCCC(=O)c1ccc2c(C3CCCCC3)c3n(c2c1)CC(c1ocnc1C(=O)N1CCOCC1)=Cc1cc(OC)ccc1-3. The number of methoxy groups -OCH3 is 1. The van der Waals surface area contributed by atoms with E-state index in [4.69, 9.17) is 13.9 Å². The molecule has 2 aromatic carbocycles. The molecule has 0 N–H and O–H groups in total. The highest BCUT2D eigenvalue weighted by Gasteiger charge is 2.32. The molecule has 4 heterocycles. The van der Waals surface area contributed by atoms with Crippen molar-refractivity contribution in [2.75, 3.05) is 33.4 Å². The first-order valence-corrected chi connectivity index (χ1v) is 16.5. The molecule has 7 rings (SSSR count). The number of allylic oxidation sites excluding steroid dienone is 1. The number of hydrogen-bond donors (Lipinski definition) is 0. The lowest BCUT2D eigenvalue weighted by molar-refractivity contribution is 0.0298. The second kappa shape index (κ2) is 12.7. The summed E-state index contributed by atoms with van der Waals surface area (Å²) in [5.41, 5.74) is 7.62. The Morgan fingerprint density at radius 2 is 1.87 bits per heavy atom. The predicted octanol–water partition coefficient (Wildman–Crippen LogP) is 7.75. The van der Waals surface area contributed by atoms with Gasteiger partial charge in [-0.2, -0.15) is 0 Å². The first-order chi connectivity index (χ1) is 22.1. The fourth-order valence-electron chi connectivity index (χ4n) is 7.38. The van der Waals surface area contributed by atoms with Gasteiger partial charge in [-0.3, -0.25) is 9.59 Å². The van der Waals surface area contributed by atoms with Crippen molar-refractivity contribution in [3.8, 4) is 17.0 Å². The molecular formula is C37H41N3O5. The van der Waals surface area contributed by atoms with Crippen LogP contribution in [0.25, 0.3) is 33.8 Å². The van der Waals surface area contributed by atoms with Crippen LogP contribution < -0.4 is 4.74 Å². The van der Waals surface area contributed by atoms with Gasteiger partial charge < -0.3 is 23.4 Å². The van der Waals surface area contributed by atoms with Gasteiger partial charge >= 0.3 is 0 Å². The van der Waals surface area contributed by atoms with E-state index in [9.17, 15) is 9.59 Å². The van der Waals surface area contributed by atoms with Crippen molar-refractivity contribution in [1.82, 2.24) is 14.5 Å². The zero-order valence-corrected chi connectivity index (χ0v) is 26.3. The first-order valence-electron chi connectivity index (χ1n) is 16.5. The van der Waals surface area contributed by atoms with E-state index in [1.807, 2.05) is 12.1 Å². The number of Topliss-reactive ketones (excluding diaryl/α,β-unsaturated/α-hetero) is 1. The number of aromatic nitrogens is 2. The fourth-order valence-corrected chi connectivity index (χ4v) is 7.38. The lowest BCUT2D eigenvalue weighted by atomic mass is 9.81. The fraction of sp³-hybridized carbons (Fsp3) is 0.432. The molecule has 0 unspecified atom stereocenters. The van der Waals surface area contributed by atoms with E-state index in [0.717, 1.165) is 59.2 Å². The number of amides is 1. The van der Waals surface area contributed by atoms with Gasteiger partial charge in [0.05, 0.1) is 32.6 Å². The average Bonchev–Trinajstić information content (AvgIpc) is 3.66. The summed E-state index contributed by atoms with van der Waals surface area (Å²) in [6, 6.07) is 12.5. The Morgan fingerprint density at radius 3 is 2.64 bits per heavy atom. The monoisotopic (exact) mass is 607 g/mol. The smallest absolute Gasteiger partial charge is 0.276 e. The van der Waals surface area contributed by atoms with E-state index in [1.165, 1.54) is 42.3 Å². The molecule has 1 saturated heterocycles. The number of benzene rings is 2. The Bertz CT molecular complexity index is 1770. The largest absolute Gasteiger partial charge is 0.497 e. The van der Waals surface area contributed by atoms with E-state index >= 15 is 0 Å². The summed E-state index contributed by atoms with van der Waals surface area (Å²) in [6.45, 7) is 4.66. The minimum atomic E-state index is -0.151. The molecule has 3 aliphatic rings. The highest BCUT2D eigenvalue weighted by molar-refractivity contribution is 6.04. The molecule has 2 aliphatic heterocycles. The highest BCUT2D eigenvalue weighted by Crippen LogP contribution is 2.48. The molecule has 2 aromatic heterocycles. The summed E-state index contributed by atoms with van der Waals surface area (Å²) >= 11 is 0. The molecule has 0 bridgehead atoms. The van der Waals surface area contributed by atoms with Crippen LogP contribution in [-0.2, 0) is 11.3 Å². The molecule has 4 aromatic rings. The molecule has 234 valence electrons. The summed E-state index contributed by atoms with van der Waals surface area (Å²) in [6.07, 6.45) is 11.9. The number of oxazole rings is 1. The molecule has 2 fully saturated rings. The summed E-state index contributed by atoms with van der Waals surface area (Å²) in [5, 5.41) is 1.20. The summed E-state index contributed by atoms with van der Waals surface area (Å²) in [7, 11) is 1.68. The highest BCUT2D eigenvalue weighted by atomic mass is 16.5. The molecule has 0 atom stereocenters. The number of unbranched alkanes of at least 4 members (excludes halogenated alkanes) is 1. The number of carbonyl (C=O) groups is 2. The zero-order valence-electron chi connectivity index (χ0n) is 26.3. The summed E-state index contributed by atoms with van der Waals surface area (Å²) in [5.74, 6) is 1.70. The van der Waals surface area contributed by atoms with Crippen molar-refractivity contribution in [1.29, 1.82) is 0 Å². The first kappa shape index (κ1) is 29.5. The van der Waals surface area contributed by atoms with Crippen LogP contribution in [-0.4, -0.2) is 59.6 Å². The number of hydrogen-bond acceptors (Lipinski definition) is 6. The number of rotatable bonds is 8. The van der Waals surface area contributed by atoms with Crippen LogP contribution >= 0.6 is 0 Å². The molecule has 45 heavy (non-hydrogen) atoms. The Labute approximate surface area is 264 Å². The molecule has 8 heteroatoms. The minimum absolute atomic E-state index is 0.151. The lowest BCUT2D eigenvalue weighted by Gasteiger charge is -2.26. The average molecular weight is 608 g/mol. The maximum absolute atomic E-state index is 13.7. The van der Waals surface area contributed by atoms with Gasteiger partial charge in [0.2, 0.25) is 0 Å². The predicted molar refractivity (Wildman–Crippen MR) is 175 cm³/mol. The van der Waals surface area contributed by atoms with Gasteiger partial charge in [-0.15, -0.1) is 0 Å². The van der Waals surface area contributed by atoms with Gasteiger partial charge in [-0.25, -0.2) is 4.98 Å². The van der Waals surface area contributed by atoms with E-state index in [0.29, 0.717) is 56.6 Å². The van der Waals surface area contributed by atoms with Crippen LogP contribution in [0.3, 0.4) is 0 Å². The lowest BCUT2D eigenvalue weighted by Crippen LogP contribution is -2.41. The second-order valence-corrected chi connectivity index (χ2v) is 12.5. The van der Waals surface area contributed by atoms with Crippen LogP contribution in [0.1, 0.15) is 102 Å². The Hall–Kier alpha value is -4.17. The second-order valence-electron chi connectivity index (χ2n) is 12.5. The third kappa shape index (κ3) is 5.50. The van der Waals surface area contributed by atoms with E-state index < -0.39 is 0 Å². The number of ether oxygens (including phenoxy) is 2. The third-order valence-corrected chi connectivity index (χ3v) is 9.73. The quantitative estimate of drug-likeness (QED) is 0.190. The standard InChI is InChI=1S/C37H41N3O5/c1-3-4-10-32(41)25-11-13-30-31(21-25)40-22-27(36-34(38-23-45-36)37(42)39-15-17-44-18-16-39)19-26-20-28(43-2)12-14-29(26)35(40)33(30)24-8-6-5-7-9-24/h11-14,19-21,23-24H,3-10,15-18,22H2,1-2H3. The summed E-state index contributed by atoms with van der Waals surface area (Å²) in [4.78, 5) is 33.2. The van der Waals surface area contributed by atoms with Crippen molar-refractivity contribution in [2.24, 2.45) is 0 Å². The Balaban J connectivity index is 1.43. The topological polar surface area (TPSA) is 86.8 Å². The molecule has 8 nitrogen and oxygen atoms in total. The molecule has 0 spiro atoms. The number of nitrogens with zero attached hydrogens (tertiary/aromatic N) is 3. The third-order valence-electron chi connectivity index (χ3n) is 9.73. The van der Waals surface area contributed by atoms with Crippen LogP contribution in [0.2, 0.25) is 0 Å².